The Kier molecular flexibility index (Phi) is 6.52. The van der Waals surface area contributed by atoms with E-state index in [4.69, 9.17) is 9.47 Å². The summed E-state index contributed by atoms with van der Waals surface area (Å²) >= 11 is 0. The van der Waals surface area contributed by atoms with Crippen LogP contribution in [0.25, 0.3) is 5.76 Å². The number of rotatable bonds is 7. The number of carbonyl (C=O) groups is 3. The molecule has 2 atom stereocenters. The zero-order valence-electron chi connectivity index (χ0n) is 20.6. The highest BCUT2D eigenvalue weighted by Gasteiger charge is 2.46. The third-order valence-electron chi connectivity index (χ3n) is 6.77. The standard InChI is InChI=1S/C28H27N3O6/c1-17-14-21-15-20(8-9-22(21)37-17)25(32)23-24(18-4-6-19(7-5-18)28(35)36-2)31(27(34)26(23)33)12-3-11-30-13-10-29-16-30/h4-10,13,15-17,24H,3,11-12,14H2,1-2H3,(H,32,33)/p+1. The van der Waals surface area contributed by atoms with Crippen molar-refractivity contribution in [1.29, 1.82) is 0 Å². The van der Waals surface area contributed by atoms with Gasteiger partial charge < -0.3 is 19.5 Å². The molecule has 0 aliphatic carbocycles. The van der Waals surface area contributed by atoms with Crippen LogP contribution in [0.15, 0.2) is 66.8 Å². The van der Waals surface area contributed by atoms with E-state index in [1.807, 2.05) is 30.1 Å². The van der Waals surface area contributed by atoms with Crippen molar-refractivity contribution in [3.8, 4) is 5.75 Å². The molecule has 9 nitrogen and oxygen atoms in total. The molecule has 5 rings (SSSR count). The van der Waals surface area contributed by atoms with E-state index in [1.54, 1.807) is 42.6 Å². The number of aryl methyl sites for hydroxylation is 1. The van der Waals surface area contributed by atoms with Crippen molar-refractivity contribution in [3.63, 3.8) is 0 Å². The van der Waals surface area contributed by atoms with Gasteiger partial charge in [0.25, 0.3) is 11.7 Å². The van der Waals surface area contributed by atoms with E-state index < -0.39 is 23.7 Å². The minimum absolute atomic E-state index is 0.0250. The summed E-state index contributed by atoms with van der Waals surface area (Å²) in [6.07, 6.45) is 6.83. The number of hydrogen-bond donors (Lipinski definition) is 2. The zero-order chi connectivity index (χ0) is 26.1. The smallest absolute Gasteiger partial charge is 0.337 e. The van der Waals surface area contributed by atoms with Gasteiger partial charge in [-0.15, -0.1) is 0 Å². The van der Waals surface area contributed by atoms with Crippen LogP contribution < -0.4 is 9.30 Å². The lowest BCUT2D eigenvalue weighted by Gasteiger charge is -2.25. The number of carbonyl (C=O) groups excluding carboxylic acids is 3. The summed E-state index contributed by atoms with van der Waals surface area (Å²) in [4.78, 5) is 42.9. The van der Waals surface area contributed by atoms with Crippen LogP contribution in [-0.4, -0.2) is 52.4 Å². The first-order valence-corrected chi connectivity index (χ1v) is 12.2. The van der Waals surface area contributed by atoms with Crippen LogP contribution in [0, 0.1) is 0 Å². The Bertz CT molecular complexity index is 1380. The first kappa shape index (κ1) is 24.3. The number of ketones is 1. The van der Waals surface area contributed by atoms with E-state index in [-0.39, 0.29) is 17.4 Å². The Hall–Kier alpha value is -4.40. The molecule has 9 heteroatoms. The third kappa shape index (κ3) is 4.60. The molecule has 0 bridgehead atoms. The van der Waals surface area contributed by atoms with Crippen LogP contribution in [0.4, 0.5) is 0 Å². The van der Waals surface area contributed by atoms with Crippen LogP contribution in [0.3, 0.4) is 0 Å². The molecular formula is C28H28N3O6+. The number of likely N-dealkylation sites (tertiary alicyclic amines) is 1. The SMILES string of the molecule is COC(=O)c1ccc(C2/C(=C(\O)c3ccc4c(c3)CC(C)O4)C(=O)C(=O)N2CCC[n+]2cc[nH]c2)cc1. The number of nitrogens with zero attached hydrogens (tertiary/aromatic N) is 2. The molecule has 2 aliphatic heterocycles. The molecule has 1 aromatic heterocycles. The normalized spacial score (nSPS) is 20.1. The number of H-pyrrole nitrogens is 1. The van der Waals surface area contributed by atoms with E-state index in [2.05, 4.69) is 4.98 Å². The minimum atomic E-state index is -0.800. The first-order chi connectivity index (χ1) is 17.9. The van der Waals surface area contributed by atoms with E-state index in [9.17, 15) is 19.5 Å². The zero-order valence-corrected chi connectivity index (χ0v) is 20.6. The quantitative estimate of drug-likeness (QED) is 0.169. The fourth-order valence-corrected chi connectivity index (χ4v) is 4.98. The highest BCUT2D eigenvalue weighted by Crippen LogP contribution is 2.40. The number of esters is 1. The van der Waals surface area contributed by atoms with Gasteiger partial charge in [-0.2, -0.15) is 0 Å². The Morgan fingerprint density at radius 2 is 1.95 bits per heavy atom. The number of benzene rings is 2. The van der Waals surface area contributed by atoms with Crippen LogP contribution in [0.2, 0.25) is 0 Å². The molecule has 1 amide bonds. The molecule has 3 aromatic rings. The summed E-state index contributed by atoms with van der Waals surface area (Å²) in [6, 6.07) is 11.0. The predicted molar refractivity (Wildman–Crippen MR) is 133 cm³/mol. The largest absolute Gasteiger partial charge is 0.507 e. The number of ether oxygens (including phenoxy) is 2. The average molecular weight is 503 g/mol. The van der Waals surface area contributed by atoms with Crippen molar-refractivity contribution >= 4 is 23.4 Å². The fourth-order valence-electron chi connectivity index (χ4n) is 4.98. The predicted octanol–water partition coefficient (Wildman–Crippen LogP) is 2.92. The van der Waals surface area contributed by atoms with Gasteiger partial charge in [0.15, 0.2) is 0 Å². The molecular weight excluding hydrogens is 474 g/mol. The summed E-state index contributed by atoms with van der Waals surface area (Å²) in [5.41, 5.74) is 2.37. The maximum absolute atomic E-state index is 13.3. The monoisotopic (exact) mass is 502 g/mol. The first-order valence-electron chi connectivity index (χ1n) is 12.2. The average Bonchev–Trinajstić information content (AvgIpc) is 3.62. The van der Waals surface area contributed by atoms with E-state index >= 15 is 0 Å². The molecule has 0 saturated carbocycles. The van der Waals surface area contributed by atoms with Crippen LogP contribution >= 0.6 is 0 Å². The summed E-state index contributed by atoms with van der Waals surface area (Å²) in [5, 5.41) is 11.4. The molecule has 190 valence electrons. The number of aliphatic hydroxyl groups is 1. The van der Waals surface area contributed by atoms with Gasteiger partial charge in [0.1, 0.15) is 30.0 Å². The molecule has 2 aliphatic rings. The summed E-state index contributed by atoms with van der Waals surface area (Å²) in [6.45, 7) is 2.91. The fraction of sp³-hybridized carbons (Fsp3) is 0.286. The Morgan fingerprint density at radius 1 is 1.19 bits per heavy atom. The second kappa shape index (κ2) is 9.93. The van der Waals surface area contributed by atoms with Gasteiger partial charge >= 0.3 is 5.97 Å². The maximum atomic E-state index is 13.3. The van der Waals surface area contributed by atoms with E-state index in [1.165, 1.54) is 12.0 Å². The molecule has 3 heterocycles. The van der Waals surface area contributed by atoms with Gasteiger partial charge in [-0.3, -0.25) is 14.6 Å². The number of fused-ring (bicyclic) bond motifs is 1. The number of amides is 1. The Labute approximate surface area is 213 Å². The van der Waals surface area contributed by atoms with Gasteiger partial charge in [0, 0.05) is 24.9 Å². The van der Waals surface area contributed by atoms with Crippen LogP contribution in [-0.2, 0) is 27.3 Å². The summed E-state index contributed by atoms with van der Waals surface area (Å²) < 4.78 is 12.5. The lowest BCUT2D eigenvalue weighted by molar-refractivity contribution is -0.695. The molecule has 2 N–H and O–H groups in total. The molecule has 2 unspecified atom stereocenters. The summed E-state index contributed by atoms with van der Waals surface area (Å²) in [7, 11) is 1.30. The second-order valence-corrected chi connectivity index (χ2v) is 9.26. The highest BCUT2D eigenvalue weighted by molar-refractivity contribution is 6.46. The van der Waals surface area contributed by atoms with Crippen molar-refractivity contribution in [3.05, 3.63) is 89.0 Å². The topological polar surface area (TPSA) is 113 Å². The van der Waals surface area contributed by atoms with Crippen molar-refractivity contribution in [1.82, 2.24) is 9.88 Å². The number of aliphatic hydroxyl groups excluding tert-OH is 1. The number of aromatic amines is 1. The number of hydrogen-bond acceptors (Lipinski definition) is 6. The molecule has 1 fully saturated rings. The number of Topliss-reactive ketones (excluding diaryl/α,β-unsaturated/α-hetero) is 1. The van der Waals surface area contributed by atoms with Gasteiger partial charge in [-0.25, -0.2) is 9.36 Å². The summed E-state index contributed by atoms with van der Waals surface area (Å²) in [5.74, 6) is -1.37. The van der Waals surface area contributed by atoms with E-state index in [0.29, 0.717) is 42.6 Å². The van der Waals surface area contributed by atoms with Gasteiger partial charge in [0.05, 0.1) is 30.8 Å². The molecule has 0 spiro atoms. The molecule has 0 radical (unpaired) electrons. The maximum Gasteiger partial charge on any atom is 0.337 e. The lowest BCUT2D eigenvalue weighted by Crippen LogP contribution is -2.36. The van der Waals surface area contributed by atoms with Gasteiger partial charge in [-0.05, 0) is 48.4 Å². The number of methoxy groups -OCH3 is 1. The van der Waals surface area contributed by atoms with E-state index in [0.717, 1.165) is 11.3 Å². The lowest BCUT2D eigenvalue weighted by atomic mass is 9.94. The van der Waals surface area contributed by atoms with Crippen molar-refractivity contribution in [2.45, 2.75) is 38.5 Å². The third-order valence-corrected chi connectivity index (χ3v) is 6.77. The van der Waals surface area contributed by atoms with Crippen molar-refractivity contribution in [2.24, 2.45) is 0 Å². The van der Waals surface area contributed by atoms with Crippen LogP contribution in [0.1, 0.15) is 46.4 Å². The van der Waals surface area contributed by atoms with Crippen molar-refractivity contribution < 1.29 is 33.5 Å². The molecule has 2 aromatic carbocycles. The van der Waals surface area contributed by atoms with Gasteiger partial charge in [0.2, 0.25) is 6.33 Å². The molecule has 37 heavy (non-hydrogen) atoms. The second-order valence-electron chi connectivity index (χ2n) is 9.26. The number of nitrogens with one attached hydrogen (secondary N) is 1. The Balaban J connectivity index is 1.53. The highest BCUT2D eigenvalue weighted by atomic mass is 16.5. The molecule has 1 saturated heterocycles. The number of aromatic nitrogens is 2. The van der Waals surface area contributed by atoms with Crippen molar-refractivity contribution in [2.75, 3.05) is 13.7 Å². The number of imidazole rings is 1. The minimum Gasteiger partial charge on any atom is -0.507 e. The van der Waals surface area contributed by atoms with Gasteiger partial charge in [-0.1, -0.05) is 12.1 Å². The Morgan fingerprint density at radius 3 is 2.65 bits per heavy atom. The van der Waals surface area contributed by atoms with Crippen LogP contribution in [0.5, 0.6) is 5.75 Å².